The summed E-state index contributed by atoms with van der Waals surface area (Å²) in [4.78, 5) is 22.6. The molecule has 44 heavy (non-hydrogen) atoms. The molecule has 0 unspecified atom stereocenters. The van der Waals surface area contributed by atoms with Crippen molar-refractivity contribution >= 4 is 27.8 Å². The lowest BCUT2D eigenvalue weighted by atomic mass is 9.90. The maximum absolute atomic E-state index is 14.2. The van der Waals surface area contributed by atoms with E-state index in [9.17, 15) is 4.79 Å². The van der Waals surface area contributed by atoms with Crippen LogP contribution in [0, 0.1) is 6.92 Å². The molecule has 0 aliphatic rings. The predicted molar refractivity (Wildman–Crippen MR) is 175 cm³/mol. The molecule has 3 aromatic heterocycles. The maximum atomic E-state index is 14.2. The third kappa shape index (κ3) is 4.98. The monoisotopic (exact) mass is 577 g/mol. The molecule has 7 nitrogen and oxygen atoms in total. The van der Waals surface area contributed by atoms with Crippen molar-refractivity contribution in [1.29, 1.82) is 0 Å². The van der Waals surface area contributed by atoms with E-state index in [0.717, 1.165) is 50.1 Å². The van der Waals surface area contributed by atoms with Crippen LogP contribution in [-0.2, 0) is 0 Å². The van der Waals surface area contributed by atoms with Crippen molar-refractivity contribution in [3.63, 3.8) is 0 Å². The van der Waals surface area contributed by atoms with Crippen LogP contribution in [0.3, 0.4) is 0 Å². The molecule has 0 spiro atoms. The summed E-state index contributed by atoms with van der Waals surface area (Å²) in [5.41, 5.74) is 7.69. The number of ether oxygens (including phenoxy) is 1. The van der Waals surface area contributed by atoms with E-state index in [1.165, 1.54) is 0 Å². The van der Waals surface area contributed by atoms with Crippen molar-refractivity contribution in [2.45, 2.75) is 12.8 Å². The Morgan fingerprint density at radius 2 is 1.61 bits per heavy atom. The van der Waals surface area contributed by atoms with Gasteiger partial charge in [-0.2, -0.15) is 5.10 Å². The summed E-state index contributed by atoms with van der Waals surface area (Å²) in [6, 6.07) is 38.0. The molecule has 0 fully saturated rings. The van der Waals surface area contributed by atoms with Gasteiger partial charge in [-0.05, 0) is 54.4 Å². The molecule has 7 aromatic rings. The second-order valence-corrected chi connectivity index (χ2v) is 10.8. The van der Waals surface area contributed by atoms with E-state index < -0.39 is 0 Å². The van der Waals surface area contributed by atoms with Gasteiger partial charge < -0.3 is 15.0 Å². The van der Waals surface area contributed by atoms with Crippen LogP contribution in [-0.4, -0.2) is 39.3 Å². The SMILES string of the molecule is COc1ccc([C@@H](CNC(=O)c2cc(-c3ccccc3)nc3c2c(C)nn3-c2ccccc2)c2c[nH]c3ccccc23)cc1. The molecule has 1 amide bonds. The second kappa shape index (κ2) is 11.5. The number of methoxy groups -OCH3 is 1. The number of fused-ring (bicyclic) bond motifs is 2. The third-order valence-corrected chi connectivity index (χ3v) is 8.11. The molecule has 216 valence electrons. The largest absolute Gasteiger partial charge is 0.497 e. The number of para-hydroxylation sites is 2. The first-order chi connectivity index (χ1) is 21.6. The van der Waals surface area contributed by atoms with Gasteiger partial charge >= 0.3 is 0 Å². The molecule has 0 saturated heterocycles. The lowest BCUT2D eigenvalue weighted by molar-refractivity contribution is 0.0954. The van der Waals surface area contributed by atoms with E-state index >= 15 is 0 Å². The van der Waals surface area contributed by atoms with E-state index in [2.05, 4.69) is 34.6 Å². The minimum absolute atomic E-state index is 0.0972. The normalized spacial score (nSPS) is 12.0. The Bertz CT molecular complexity index is 2080. The summed E-state index contributed by atoms with van der Waals surface area (Å²) in [7, 11) is 1.66. The number of carbonyl (C=O) groups is 1. The Hall–Kier alpha value is -5.69. The summed E-state index contributed by atoms with van der Waals surface area (Å²) in [6.45, 7) is 2.32. The van der Waals surface area contributed by atoms with E-state index in [1.54, 1.807) is 7.11 Å². The second-order valence-electron chi connectivity index (χ2n) is 10.8. The van der Waals surface area contributed by atoms with Gasteiger partial charge in [0.25, 0.3) is 5.91 Å². The van der Waals surface area contributed by atoms with Gasteiger partial charge in [-0.15, -0.1) is 0 Å². The van der Waals surface area contributed by atoms with Crippen LogP contribution >= 0.6 is 0 Å². The third-order valence-electron chi connectivity index (χ3n) is 8.11. The lowest BCUT2D eigenvalue weighted by Crippen LogP contribution is -2.29. The van der Waals surface area contributed by atoms with Crippen molar-refractivity contribution in [1.82, 2.24) is 25.1 Å². The summed E-state index contributed by atoms with van der Waals surface area (Å²) >= 11 is 0. The quantitative estimate of drug-likeness (QED) is 0.197. The highest BCUT2D eigenvalue weighted by molar-refractivity contribution is 6.07. The number of H-pyrrole nitrogens is 1. The number of aromatic amines is 1. The first kappa shape index (κ1) is 27.2. The van der Waals surface area contributed by atoms with Crippen LogP contribution in [0.2, 0.25) is 0 Å². The summed E-state index contributed by atoms with van der Waals surface area (Å²) < 4.78 is 7.23. The smallest absolute Gasteiger partial charge is 0.252 e. The fourth-order valence-corrected chi connectivity index (χ4v) is 5.89. The van der Waals surface area contributed by atoms with Crippen LogP contribution in [0.15, 0.2) is 121 Å². The zero-order valence-corrected chi connectivity index (χ0v) is 24.5. The molecule has 3 heterocycles. The fourth-order valence-electron chi connectivity index (χ4n) is 5.89. The molecule has 0 bridgehead atoms. The Morgan fingerprint density at radius 1 is 0.909 bits per heavy atom. The summed E-state index contributed by atoms with van der Waals surface area (Å²) in [5, 5.41) is 9.97. The van der Waals surface area contributed by atoms with Gasteiger partial charge in [0.05, 0.1) is 35.1 Å². The molecular weight excluding hydrogens is 546 g/mol. The van der Waals surface area contributed by atoms with Crippen LogP contribution in [0.1, 0.15) is 33.1 Å². The van der Waals surface area contributed by atoms with Gasteiger partial charge in [0.15, 0.2) is 5.65 Å². The maximum Gasteiger partial charge on any atom is 0.252 e. The van der Waals surface area contributed by atoms with Crippen molar-refractivity contribution in [3.8, 4) is 22.7 Å². The number of amides is 1. The van der Waals surface area contributed by atoms with Crippen molar-refractivity contribution in [2.24, 2.45) is 0 Å². The minimum atomic E-state index is -0.177. The molecule has 7 heteroatoms. The van der Waals surface area contributed by atoms with Crippen molar-refractivity contribution in [2.75, 3.05) is 13.7 Å². The Morgan fingerprint density at radius 3 is 2.36 bits per heavy atom. The lowest BCUT2D eigenvalue weighted by Gasteiger charge is -2.19. The summed E-state index contributed by atoms with van der Waals surface area (Å²) in [6.07, 6.45) is 2.04. The molecule has 0 radical (unpaired) electrons. The highest BCUT2D eigenvalue weighted by Crippen LogP contribution is 2.33. The van der Waals surface area contributed by atoms with Gasteiger partial charge in [0.2, 0.25) is 0 Å². The van der Waals surface area contributed by atoms with Gasteiger partial charge in [0, 0.05) is 35.1 Å². The van der Waals surface area contributed by atoms with E-state index in [-0.39, 0.29) is 11.8 Å². The van der Waals surface area contributed by atoms with Gasteiger partial charge in [-0.1, -0.05) is 78.9 Å². The number of hydrogen-bond donors (Lipinski definition) is 2. The first-order valence-electron chi connectivity index (χ1n) is 14.6. The minimum Gasteiger partial charge on any atom is -0.497 e. The van der Waals surface area contributed by atoms with Crippen LogP contribution < -0.4 is 10.1 Å². The molecule has 0 aliphatic carbocycles. The van der Waals surface area contributed by atoms with E-state index in [4.69, 9.17) is 14.8 Å². The fraction of sp³-hybridized carbons (Fsp3) is 0.108. The standard InChI is InChI=1S/C37H31N5O2/c1-24-35-30(21-34(26-11-5-3-6-12-26)40-36(35)42(41-24)27-13-7-4-8-14-27)37(43)39-22-31(25-17-19-28(44-2)20-18-25)32-23-38-33-16-10-9-15-29(32)33/h3-21,23,31,38H,22H2,1-2H3,(H,39,43)/t31-/m1/s1. The van der Waals surface area contributed by atoms with Crippen LogP contribution in [0.5, 0.6) is 5.75 Å². The van der Waals surface area contributed by atoms with E-state index in [1.807, 2.05) is 109 Å². The number of aryl methyl sites for hydroxylation is 1. The van der Waals surface area contributed by atoms with Crippen LogP contribution in [0.25, 0.3) is 38.9 Å². The molecule has 1 atom stereocenters. The highest BCUT2D eigenvalue weighted by atomic mass is 16.5. The van der Waals surface area contributed by atoms with Crippen molar-refractivity contribution < 1.29 is 9.53 Å². The molecule has 7 rings (SSSR count). The average molecular weight is 578 g/mol. The number of nitrogens with zero attached hydrogens (tertiary/aromatic N) is 3. The van der Waals surface area contributed by atoms with Crippen molar-refractivity contribution in [3.05, 3.63) is 144 Å². The number of rotatable bonds is 8. The first-order valence-corrected chi connectivity index (χ1v) is 14.6. The Balaban J connectivity index is 1.31. The van der Waals surface area contributed by atoms with E-state index in [0.29, 0.717) is 23.4 Å². The Labute approximate surface area is 255 Å². The zero-order chi connectivity index (χ0) is 30.0. The zero-order valence-electron chi connectivity index (χ0n) is 24.5. The number of aromatic nitrogens is 4. The summed E-state index contributed by atoms with van der Waals surface area (Å²) in [5.74, 6) is 0.512. The van der Waals surface area contributed by atoms with Crippen LogP contribution in [0.4, 0.5) is 0 Å². The number of nitrogens with one attached hydrogen (secondary N) is 2. The number of benzene rings is 4. The Kier molecular flexibility index (Phi) is 7.12. The number of pyridine rings is 1. The number of hydrogen-bond acceptors (Lipinski definition) is 4. The molecular formula is C37H31N5O2. The topological polar surface area (TPSA) is 84.8 Å². The molecule has 2 N–H and O–H groups in total. The van der Waals surface area contributed by atoms with Gasteiger partial charge in [-0.3, -0.25) is 4.79 Å². The molecule has 0 saturated carbocycles. The molecule has 0 aliphatic heterocycles. The molecule has 4 aromatic carbocycles. The van der Waals surface area contributed by atoms with Gasteiger partial charge in [-0.25, -0.2) is 9.67 Å². The average Bonchev–Trinajstić information content (AvgIpc) is 3.66. The predicted octanol–water partition coefficient (Wildman–Crippen LogP) is 7.45. The number of carbonyl (C=O) groups excluding carboxylic acids is 1. The van der Waals surface area contributed by atoms with Gasteiger partial charge in [0.1, 0.15) is 5.75 Å². The highest BCUT2D eigenvalue weighted by Gasteiger charge is 2.24.